The summed E-state index contributed by atoms with van der Waals surface area (Å²) in [6.45, 7) is -0.0174. The van der Waals surface area contributed by atoms with Crippen molar-refractivity contribution < 1.29 is 19.4 Å². The van der Waals surface area contributed by atoms with Crippen LogP contribution in [0.3, 0.4) is 0 Å². The van der Waals surface area contributed by atoms with E-state index in [1.54, 1.807) is 25.2 Å². The number of carboxylic acids is 1. The summed E-state index contributed by atoms with van der Waals surface area (Å²) in [5.74, 6) is -0.785. The molecule has 1 aliphatic heterocycles. The minimum atomic E-state index is -1.10. The van der Waals surface area contributed by atoms with Gasteiger partial charge in [0.15, 0.2) is 6.61 Å². The van der Waals surface area contributed by atoms with Gasteiger partial charge < -0.3 is 26.2 Å². The van der Waals surface area contributed by atoms with Crippen LogP contribution in [0.2, 0.25) is 0 Å². The lowest BCUT2D eigenvalue weighted by Crippen LogP contribution is -2.42. The molecule has 2 unspecified atom stereocenters. The highest BCUT2D eigenvalue weighted by Gasteiger charge is 2.26. The molecule has 5 N–H and O–H groups in total. The molecule has 7 heteroatoms. The second-order valence-corrected chi connectivity index (χ2v) is 4.22. The summed E-state index contributed by atoms with van der Waals surface area (Å²) in [4.78, 5) is 22.2. The number of carboxylic acid groups (broad SMARTS) is 1. The van der Waals surface area contributed by atoms with E-state index in [4.69, 9.17) is 15.6 Å². The number of likely N-dealkylation sites (N-methyl/N-ethyl adjacent to an activating group) is 1. The third kappa shape index (κ3) is 2.67. The quantitative estimate of drug-likeness (QED) is 0.594. The van der Waals surface area contributed by atoms with Crippen molar-refractivity contribution >= 4 is 17.6 Å². The van der Waals surface area contributed by atoms with Crippen LogP contribution in [0.25, 0.3) is 0 Å². The monoisotopic (exact) mass is 265 g/mol. The number of amides is 1. The first kappa shape index (κ1) is 13.3. The first-order valence-corrected chi connectivity index (χ1v) is 5.75. The summed E-state index contributed by atoms with van der Waals surface area (Å²) in [6, 6.07) is 3.43. The highest BCUT2D eigenvalue weighted by atomic mass is 16.5. The van der Waals surface area contributed by atoms with E-state index in [1.807, 2.05) is 0 Å². The zero-order chi connectivity index (χ0) is 14.0. The van der Waals surface area contributed by atoms with E-state index in [0.717, 1.165) is 0 Å². The number of aliphatic carboxylic acids is 1. The van der Waals surface area contributed by atoms with E-state index in [-0.39, 0.29) is 12.5 Å². The largest absolute Gasteiger partial charge is 0.482 e. The van der Waals surface area contributed by atoms with E-state index in [0.29, 0.717) is 17.0 Å². The molecule has 1 aromatic carbocycles. The Morgan fingerprint density at radius 2 is 2.32 bits per heavy atom. The van der Waals surface area contributed by atoms with Gasteiger partial charge in [-0.05, 0) is 24.7 Å². The lowest BCUT2D eigenvalue weighted by Gasteiger charge is -2.23. The van der Waals surface area contributed by atoms with Crippen LogP contribution >= 0.6 is 0 Å². The van der Waals surface area contributed by atoms with Gasteiger partial charge >= 0.3 is 5.97 Å². The van der Waals surface area contributed by atoms with E-state index in [2.05, 4.69) is 10.6 Å². The van der Waals surface area contributed by atoms with Crippen LogP contribution in [0.1, 0.15) is 11.6 Å². The molecule has 0 aromatic heterocycles. The summed E-state index contributed by atoms with van der Waals surface area (Å²) in [7, 11) is 1.63. The minimum Gasteiger partial charge on any atom is -0.482 e. The molecule has 7 nitrogen and oxygen atoms in total. The van der Waals surface area contributed by atoms with Gasteiger partial charge in [-0.1, -0.05) is 6.07 Å². The van der Waals surface area contributed by atoms with Gasteiger partial charge in [0, 0.05) is 0 Å². The van der Waals surface area contributed by atoms with Crippen LogP contribution in [0.4, 0.5) is 5.69 Å². The van der Waals surface area contributed by atoms with Crippen molar-refractivity contribution in [2.24, 2.45) is 5.73 Å². The van der Waals surface area contributed by atoms with Gasteiger partial charge in [0.05, 0.1) is 11.7 Å². The molecule has 1 aromatic rings. The van der Waals surface area contributed by atoms with Crippen molar-refractivity contribution in [1.29, 1.82) is 0 Å². The Bertz CT molecular complexity index is 518. The van der Waals surface area contributed by atoms with Gasteiger partial charge in [-0.2, -0.15) is 0 Å². The van der Waals surface area contributed by atoms with Gasteiger partial charge in [-0.15, -0.1) is 0 Å². The van der Waals surface area contributed by atoms with Crippen molar-refractivity contribution in [3.63, 3.8) is 0 Å². The van der Waals surface area contributed by atoms with Gasteiger partial charge in [-0.25, -0.2) is 0 Å². The number of hydrogen-bond donors (Lipinski definition) is 4. The zero-order valence-corrected chi connectivity index (χ0v) is 10.3. The number of anilines is 1. The Labute approximate surface area is 109 Å². The molecule has 0 saturated carbocycles. The molecule has 0 spiro atoms. The maximum Gasteiger partial charge on any atom is 0.322 e. The van der Waals surface area contributed by atoms with Crippen LogP contribution in [0.15, 0.2) is 18.2 Å². The molecule has 2 rings (SSSR count). The Kier molecular flexibility index (Phi) is 3.68. The van der Waals surface area contributed by atoms with Crippen LogP contribution in [0, 0.1) is 0 Å². The summed E-state index contributed by atoms with van der Waals surface area (Å²) >= 11 is 0. The highest BCUT2D eigenvalue weighted by molar-refractivity contribution is 5.95. The number of benzene rings is 1. The van der Waals surface area contributed by atoms with Gasteiger partial charge in [0.25, 0.3) is 5.91 Å². The standard InChI is InChI=1S/C12H15N3O4/c1-14-11(10(13)12(17)18)6-2-3-8-7(4-6)15-9(16)5-19-8/h2-4,10-11,14H,5,13H2,1H3,(H,15,16)(H,17,18). The number of fused-ring (bicyclic) bond motifs is 1. The van der Waals surface area contributed by atoms with Crippen LogP contribution in [0.5, 0.6) is 5.75 Å². The molecule has 0 aliphatic carbocycles. The average Bonchev–Trinajstić information content (AvgIpc) is 2.38. The lowest BCUT2D eigenvalue weighted by atomic mass is 9.99. The fourth-order valence-corrected chi connectivity index (χ4v) is 1.99. The number of ether oxygens (including phenoxy) is 1. The van der Waals surface area contributed by atoms with Crippen molar-refractivity contribution in [3.05, 3.63) is 23.8 Å². The minimum absolute atomic E-state index is 0.0174. The van der Waals surface area contributed by atoms with E-state index in [1.165, 1.54) is 0 Å². The topological polar surface area (TPSA) is 114 Å². The molecule has 1 aliphatic rings. The molecule has 19 heavy (non-hydrogen) atoms. The summed E-state index contributed by atoms with van der Waals surface area (Å²) < 4.78 is 5.23. The third-order valence-corrected chi connectivity index (χ3v) is 2.95. The van der Waals surface area contributed by atoms with Crippen molar-refractivity contribution in [3.8, 4) is 5.75 Å². The number of nitrogens with one attached hydrogen (secondary N) is 2. The maximum absolute atomic E-state index is 11.2. The first-order valence-electron chi connectivity index (χ1n) is 5.75. The molecule has 0 radical (unpaired) electrons. The average molecular weight is 265 g/mol. The molecule has 0 fully saturated rings. The SMILES string of the molecule is CNC(c1ccc2c(c1)NC(=O)CO2)C(N)C(=O)O. The highest BCUT2D eigenvalue weighted by Crippen LogP contribution is 2.31. The number of carbonyl (C=O) groups excluding carboxylic acids is 1. The van der Waals surface area contributed by atoms with Gasteiger partial charge in [-0.3, -0.25) is 9.59 Å². The number of hydrogen-bond acceptors (Lipinski definition) is 5. The zero-order valence-electron chi connectivity index (χ0n) is 10.3. The summed E-state index contributed by atoms with van der Waals surface area (Å²) in [6.07, 6.45) is 0. The second-order valence-electron chi connectivity index (χ2n) is 4.22. The Balaban J connectivity index is 2.32. The van der Waals surface area contributed by atoms with Crippen molar-refractivity contribution in [2.75, 3.05) is 19.0 Å². The molecular formula is C12H15N3O4. The number of nitrogens with two attached hydrogens (primary N) is 1. The summed E-state index contributed by atoms with van der Waals surface area (Å²) in [5, 5.41) is 14.5. The molecule has 102 valence electrons. The second kappa shape index (κ2) is 5.25. The predicted octanol–water partition coefficient (Wildman–Crippen LogP) is -0.310. The van der Waals surface area contributed by atoms with Crippen LogP contribution in [-0.2, 0) is 9.59 Å². The van der Waals surface area contributed by atoms with E-state index >= 15 is 0 Å². The molecule has 1 amide bonds. The molecule has 0 bridgehead atoms. The van der Waals surface area contributed by atoms with Crippen molar-refractivity contribution in [2.45, 2.75) is 12.1 Å². The Morgan fingerprint density at radius 1 is 1.58 bits per heavy atom. The smallest absolute Gasteiger partial charge is 0.322 e. The Hall–Kier alpha value is -2.12. The Morgan fingerprint density at radius 3 is 2.95 bits per heavy atom. The molecule has 1 heterocycles. The van der Waals surface area contributed by atoms with Crippen LogP contribution in [-0.4, -0.2) is 36.7 Å². The fourth-order valence-electron chi connectivity index (χ4n) is 1.99. The van der Waals surface area contributed by atoms with Gasteiger partial charge in [0.2, 0.25) is 0 Å². The number of carbonyl (C=O) groups is 2. The summed E-state index contributed by atoms with van der Waals surface area (Å²) in [5.41, 5.74) is 6.81. The van der Waals surface area contributed by atoms with Crippen molar-refractivity contribution in [1.82, 2.24) is 5.32 Å². The maximum atomic E-state index is 11.2. The molecule has 2 atom stereocenters. The molecular weight excluding hydrogens is 250 g/mol. The fraction of sp³-hybridized carbons (Fsp3) is 0.333. The van der Waals surface area contributed by atoms with Crippen LogP contribution < -0.4 is 21.1 Å². The lowest BCUT2D eigenvalue weighted by molar-refractivity contribution is -0.139. The van der Waals surface area contributed by atoms with E-state index < -0.39 is 18.1 Å². The third-order valence-electron chi connectivity index (χ3n) is 2.95. The normalized spacial score (nSPS) is 16.8. The molecule has 0 saturated heterocycles. The van der Waals surface area contributed by atoms with E-state index in [9.17, 15) is 9.59 Å². The predicted molar refractivity (Wildman–Crippen MR) is 68.0 cm³/mol. The van der Waals surface area contributed by atoms with Gasteiger partial charge in [0.1, 0.15) is 11.8 Å². The number of rotatable bonds is 4. The first-order chi connectivity index (χ1) is 9.02.